The van der Waals surface area contributed by atoms with Gasteiger partial charge in [0.15, 0.2) is 0 Å². The highest BCUT2D eigenvalue weighted by atomic mass is 32.2. The highest BCUT2D eigenvalue weighted by Gasteiger charge is 2.04. The molecule has 0 aliphatic heterocycles. The van der Waals surface area contributed by atoms with Crippen molar-refractivity contribution in [2.75, 3.05) is 5.75 Å². The van der Waals surface area contributed by atoms with Crippen LogP contribution in [-0.4, -0.2) is 16.0 Å². The second-order valence-corrected chi connectivity index (χ2v) is 5.14. The van der Waals surface area contributed by atoms with E-state index >= 15 is 0 Å². The summed E-state index contributed by atoms with van der Waals surface area (Å²) in [6, 6.07) is 2.04. The molecule has 0 bridgehead atoms. The quantitative estimate of drug-likeness (QED) is 0.802. The zero-order valence-corrected chi connectivity index (χ0v) is 8.66. The number of hydrogen-bond acceptors (Lipinski definition) is 3. The normalized spacial score (nSPS) is 15.8. The average Bonchev–Trinajstić information content (AvgIpc) is 2.37. The second-order valence-electron chi connectivity index (χ2n) is 2.86. The van der Waals surface area contributed by atoms with Gasteiger partial charge in [0.25, 0.3) is 0 Å². The standard InChI is InChI=1S/C8H13NOS2/c1-7(9)5-12(10)6-8-2-3-11-4-8/h2-4,7H,5-6,9H2,1H3. The van der Waals surface area contributed by atoms with Crippen molar-refractivity contribution in [2.45, 2.75) is 18.7 Å². The molecule has 0 saturated carbocycles. The third-order valence-electron chi connectivity index (χ3n) is 1.36. The lowest BCUT2D eigenvalue weighted by atomic mass is 10.4. The van der Waals surface area contributed by atoms with Gasteiger partial charge in [-0.15, -0.1) is 0 Å². The molecule has 4 heteroatoms. The molecule has 2 unspecified atom stereocenters. The smallest absolute Gasteiger partial charge is 0.0494 e. The molecule has 2 N–H and O–H groups in total. The number of rotatable bonds is 4. The molecule has 0 radical (unpaired) electrons. The van der Waals surface area contributed by atoms with Crippen LogP contribution in [0.5, 0.6) is 0 Å². The maximum atomic E-state index is 11.4. The first kappa shape index (κ1) is 9.89. The van der Waals surface area contributed by atoms with E-state index in [-0.39, 0.29) is 6.04 Å². The van der Waals surface area contributed by atoms with Crippen LogP contribution in [0, 0.1) is 0 Å². The number of nitrogens with two attached hydrogens (primary N) is 1. The van der Waals surface area contributed by atoms with Gasteiger partial charge in [0.05, 0.1) is 0 Å². The summed E-state index contributed by atoms with van der Waals surface area (Å²) in [5.41, 5.74) is 6.68. The van der Waals surface area contributed by atoms with E-state index in [1.165, 1.54) is 0 Å². The van der Waals surface area contributed by atoms with Crippen LogP contribution in [0.2, 0.25) is 0 Å². The maximum Gasteiger partial charge on any atom is 0.0494 e. The molecule has 68 valence electrons. The average molecular weight is 203 g/mol. The zero-order valence-electron chi connectivity index (χ0n) is 7.03. The van der Waals surface area contributed by atoms with E-state index in [2.05, 4.69) is 0 Å². The molecule has 1 aromatic rings. The molecule has 1 rings (SSSR count). The van der Waals surface area contributed by atoms with E-state index in [9.17, 15) is 4.21 Å². The maximum absolute atomic E-state index is 11.4. The Hall–Kier alpha value is -0.190. The van der Waals surface area contributed by atoms with Gasteiger partial charge in [0.1, 0.15) is 0 Å². The summed E-state index contributed by atoms with van der Waals surface area (Å²) in [7, 11) is -0.798. The molecule has 2 nitrogen and oxygen atoms in total. The molecule has 0 spiro atoms. The molecule has 1 heterocycles. The SMILES string of the molecule is CC(N)CS(=O)Cc1ccsc1. The Morgan fingerprint density at radius 3 is 3.00 bits per heavy atom. The zero-order chi connectivity index (χ0) is 8.97. The van der Waals surface area contributed by atoms with Crippen molar-refractivity contribution < 1.29 is 4.21 Å². The van der Waals surface area contributed by atoms with E-state index in [0.717, 1.165) is 5.56 Å². The van der Waals surface area contributed by atoms with Crippen LogP contribution in [0.25, 0.3) is 0 Å². The van der Waals surface area contributed by atoms with Gasteiger partial charge in [0, 0.05) is 28.3 Å². The van der Waals surface area contributed by atoms with Crippen LogP contribution >= 0.6 is 11.3 Å². The minimum atomic E-state index is -0.798. The fourth-order valence-corrected chi connectivity index (χ4v) is 2.94. The van der Waals surface area contributed by atoms with Crippen LogP contribution in [0.15, 0.2) is 16.8 Å². The third kappa shape index (κ3) is 3.47. The predicted octanol–water partition coefficient (Wildman–Crippen LogP) is 1.34. The van der Waals surface area contributed by atoms with Gasteiger partial charge in [-0.05, 0) is 29.3 Å². The molecule has 2 atom stereocenters. The summed E-state index contributed by atoms with van der Waals surface area (Å²) in [5, 5.41) is 4.03. The molecule has 12 heavy (non-hydrogen) atoms. The third-order valence-corrected chi connectivity index (χ3v) is 3.64. The largest absolute Gasteiger partial charge is 0.327 e. The summed E-state index contributed by atoms with van der Waals surface area (Å²) in [6.07, 6.45) is 0. The van der Waals surface area contributed by atoms with Gasteiger partial charge < -0.3 is 5.73 Å². The van der Waals surface area contributed by atoms with E-state index in [1.54, 1.807) is 11.3 Å². The summed E-state index contributed by atoms with van der Waals surface area (Å²) in [6.45, 7) is 1.88. The molecule has 0 amide bonds. The van der Waals surface area contributed by atoms with Crippen LogP contribution < -0.4 is 5.73 Å². The van der Waals surface area contributed by atoms with E-state index in [1.807, 2.05) is 23.8 Å². The summed E-state index contributed by atoms with van der Waals surface area (Å²) in [4.78, 5) is 0. The van der Waals surface area contributed by atoms with Crippen molar-refractivity contribution in [1.29, 1.82) is 0 Å². The molecular formula is C8H13NOS2. The molecular weight excluding hydrogens is 190 g/mol. The molecule has 0 aromatic carbocycles. The lowest BCUT2D eigenvalue weighted by Gasteiger charge is -2.03. The van der Waals surface area contributed by atoms with Crippen molar-refractivity contribution in [3.8, 4) is 0 Å². The molecule has 0 saturated heterocycles. The van der Waals surface area contributed by atoms with Gasteiger partial charge in [-0.1, -0.05) is 0 Å². The molecule has 1 aromatic heterocycles. The Bertz CT molecular complexity index is 244. The molecule has 0 fully saturated rings. The minimum absolute atomic E-state index is 0.0319. The second kappa shape index (κ2) is 4.74. The predicted molar refractivity (Wildman–Crippen MR) is 54.7 cm³/mol. The minimum Gasteiger partial charge on any atom is -0.327 e. The van der Waals surface area contributed by atoms with Crippen molar-refractivity contribution in [3.63, 3.8) is 0 Å². The van der Waals surface area contributed by atoms with Gasteiger partial charge >= 0.3 is 0 Å². The van der Waals surface area contributed by atoms with E-state index in [4.69, 9.17) is 5.73 Å². The van der Waals surface area contributed by atoms with Crippen LogP contribution in [0.3, 0.4) is 0 Å². The van der Waals surface area contributed by atoms with Crippen molar-refractivity contribution in [1.82, 2.24) is 0 Å². The summed E-state index contributed by atoms with van der Waals surface area (Å²) < 4.78 is 11.4. The first-order valence-electron chi connectivity index (χ1n) is 3.80. The van der Waals surface area contributed by atoms with E-state index in [0.29, 0.717) is 11.5 Å². The van der Waals surface area contributed by atoms with Crippen LogP contribution in [0.1, 0.15) is 12.5 Å². The summed E-state index contributed by atoms with van der Waals surface area (Å²) >= 11 is 1.63. The highest BCUT2D eigenvalue weighted by molar-refractivity contribution is 7.84. The topological polar surface area (TPSA) is 43.1 Å². The van der Waals surface area contributed by atoms with E-state index < -0.39 is 10.8 Å². The van der Waals surface area contributed by atoms with Crippen molar-refractivity contribution in [2.24, 2.45) is 5.73 Å². The fraction of sp³-hybridized carbons (Fsp3) is 0.500. The van der Waals surface area contributed by atoms with Crippen LogP contribution in [-0.2, 0) is 16.6 Å². The molecule has 0 aliphatic rings. The van der Waals surface area contributed by atoms with Crippen LogP contribution in [0.4, 0.5) is 0 Å². The first-order valence-corrected chi connectivity index (χ1v) is 6.23. The Labute approximate surface area is 79.2 Å². The van der Waals surface area contributed by atoms with Crippen molar-refractivity contribution >= 4 is 22.1 Å². The molecule has 0 aliphatic carbocycles. The van der Waals surface area contributed by atoms with Gasteiger partial charge in [-0.25, -0.2) is 0 Å². The number of hydrogen-bond donors (Lipinski definition) is 1. The Morgan fingerprint density at radius 2 is 2.50 bits per heavy atom. The summed E-state index contributed by atoms with van der Waals surface area (Å²) in [5.74, 6) is 1.24. The van der Waals surface area contributed by atoms with Gasteiger partial charge in [-0.2, -0.15) is 11.3 Å². The van der Waals surface area contributed by atoms with Crippen molar-refractivity contribution in [3.05, 3.63) is 22.4 Å². The highest BCUT2D eigenvalue weighted by Crippen LogP contribution is 2.08. The Morgan fingerprint density at radius 1 is 1.75 bits per heavy atom. The lowest BCUT2D eigenvalue weighted by molar-refractivity contribution is 0.676. The Balaban J connectivity index is 2.37. The Kier molecular flexibility index (Phi) is 3.91. The van der Waals surface area contributed by atoms with Gasteiger partial charge in [0.2, 0.25) is 0 Å². The first-order chi connectivity index (χ1) is 5.68. The monoisotopic (exact) mass is 203 g/mol. The van der Waals surface area contributed by atoms with Gasteiger partial charge in [-0.3, -0.25) is 4.21 Å². The number of thiophene rings is 1. The lowest BCUT2D eigenvalue weighted by Crippen LogP contribution is -2.23. The fourth-order valence-electron chi connectivity index (χ4n) is 0.913.